The fourth-order valence-electron chi connectivity index (χ4n) is 11.0. The molecule has 1 nitrogen and oxygen atoms in total. The largest absolute Gasteiger partial charge is 0.310 e. The van der Waals surface area contributed by atoms with Crippen LogP contribution in [-0.4, -0.2) is 0 Å². The Hall–Kier alpha value is -8.00. The molecule has 0 N–H and O–H groups in total. The first-order valence-electron chi connectivity index (χ1n) is 22.2. The summed E-state index contributed by atoms with van der Waals surface area (Å²) in [7, 11) is 0. The third kappa shape index (κ3) is 6.00. The number of allylic oxidation sites excluding steroid dienone is 5. The average molecular weight is 818 g/mol. The van der Waals surface area contributed by atoms with Crippen molar-refractivity contribution in [1.82, 2.24) is 0 Å². The number of hydrogen-bond donors (Lipinski definition) is 0. The molecule has 0 saturated carbocycles. The summed E-state index contributed by atoms with van der Waals surface area (Å²) in [4.78, 5) is 2.32. The smallest absolute Gasteiger partial charge is 0.0704 e. The minimum atomic E-state index is -0.581. The second-order valence-corrected chi connectivity index (χ2v) is 16.9. The first kappa shape index (κ1) is 38.9. The van der Waals surface area contributed by atoms with Crippen molar-refractivity contribution in [2.75, 3.05) is 4.90 Å². The van der Waals surface area contributed by atoms with E-state index in [4.69, 9.17) is 0 Å². The number of fused-ring (bicyclic) bond motifs is 7. The number of hydrogen-bond acceptors (Lipinski definition) is 1. The average Bonchev–Trinajstić information content (AvgIpc) is 3.66. The molecule has 1 heteroatoms. The van der Waals surface area contributed by atoms with Gasteiger partial charge in [0.2, 0.25) is 0 Å². The molecule has 304 valence electrons. The van der Waals surface area contributed by atoms with Gasteiger partial charge in [0, 0.05) is 17.1 Å². The Labute approximate surface area is 377 Å². The Morgan fingerprint density at radius 2 is 0.828 bits per heavy atom. The summed E-state index contributed by atoms with van der Waals surface area (Å²) in [6, 6.07) is 86.8. The molecule has 0 aliphatic heterocycles. The molecule has 0 radical (unpaired) electrons. The van der Waals surface area contributed by atoms with Crippen LogP contribution in [0.3, 0.4) is 0 Å². The summed E-state index contributed by atoms with van der Waals surface area (Å²) in [5, 5.41) is 0. The molecule has 0 fully saturated rings. The highest BCUT2D eigenvalue weighted by molar-refractivity contribution is 5.91. The van der Waals surface area contributed by atoms with Crippen molar-refractivity contribution < 1.29 is 0 Å². The minimum absolute atomic E-state index is 0.559. The molecule has 0 amide bonds. The monoisotopic (exact) mass is 817 g/mol. The molecule has 9 aromatic carbocycles. The minimum Gasteiger partial charge on any atom is -0.310 e. The van der Waals surface area contributed by atoms with Gasteiger partial charge < -0.3 is 4.90 Å². The predicted molar refractivity (Wildman–Crippen MR) is 269 cm³/mol. The maximum atomic E-state index is 4.17. The van der Waals surface area contributed by atoms with Gasteiger partial charge in [-0.3, -0.25) is 0 Å². The molecule has 0 saturated heterocycles. The van der Waals surface area contributed by atoms with Crippen LogP contribution in [-0.2, 0) is 10.8 Å². The summed E-state index contributed by atoms with van der Waals surface area (Å²) in [6.07, 6.45) is 6.36. The zero-order chi connectivity index (χ0) is 43.1. The topological polar surface area (TPSA) is 3.24 Å². The third-order valence-electron chi connectivity index (χ3n) is 13.6. The van der Waals surface area contributed by atoms with Crippen LogP contribution in [0.15, 0.2) is 273 Å². The molecular weight excluding hydrogens is 771 g/mol. The molecule has 2 aliphatic carbocycles. The quantitative estimate of drug-likeness (QED) is 0.131. The van der Waals surface area contributed by atoms with Gasteiger partial charge in [0.15, 0.2) is 0 Å². The third-order valence-corrected chi connectivity index (χ3v) is 13.6. The van der Waals surface area contributed by atoms with Crippen LogP contribution in [0.2, 0.25) is 0 Å². The molecule has 11 rings (SSSR count). The van der Waals surface area contributed by atoms with E-state index in [2.05, 4.69) is 267 Å². The lowest BCUT2D eigenvalue weighted by Gasteiger charge is -2.50. The predicted octanol–water partition coefficient (Wildman–Crippen LogP) is 16.2. The summed E-state index contributed by atoms with van der Waals surface area (Å²) in [6.45, 7) is 6.56. The van der Waals surface area contributed by atoms with Crippen LogP contribution >= 0.6 is 0 Å². The molecule has 2 aliphatic rings. The van der Waals surface area contributed by atoms with E-state index in [-0.39, 0.29) is 0 Å². The Bertz CT molecular complexity index is 3150. The molecule has 0 aromatic heterocycles. The summed E-state index contributed by atoms with van der Waals surface area (Å²) in [5.74, 6) is 0. The standard InChI is InChI=1S/C63H47N/c1-3-4-36-57-45(2)62(59-38-19-20-39-60(59)63(57,50-26-9-5-10-27-50)51-28-11-6-12-29-51)58-37-18-17-35-55(58)56-41-40-49(44-61(56)62)47-24-21-23-46(42-47)48-25-22-34-54(43-48)64(52-30-13-7-14-31-52)53-32-15-8-16-33-53/h3-44H,1H2,2H3/b36-4-. The van der Waals surface area contributed by atoms with Crippen molar-refractivity contribution in [3.63, 3.8) is 0 Å². The second kappa shape index (κ2) is 16.0. The summed E-state index contributed by atoms with van der Waals surface area (Å²) < 4.78 is 0. The van der Waals surface area contributed by atoms with Gasteiger partial charge in [0.25, 0.3) is 0 Å². The molecule has 1 spiro atoms. The highest BCUT2D eigenvalue weighted by Crippen LogP contribution is 2.65. The molecule has 0 heterocycles. The highest BCUT2D eigenvalue weighted by atomic mass is 15.1. The molecule has 1 atom stereocenters. The van der Waals surface area contributed by atoms with Crippen LogP contribution in [0, 0.1) is 0 Å². The SMILES string of the molecule is C=C/C=C\C1=C(C)C2(c3ccccc3-c3ccc(-c4cccc(-c5cccc(N(c6ccccc6)c6ccccc6)c5)c4)cc32)c2ccccc2C1(c1ccccc1)c1ccccc1. The van der Waals surface area contributed by atoms with Crippen molar-refractivity contribution in [2.45, 2.75) is 17.8 Å². The van der Waals surface area contributed by atoms with Gasteiger partial charge in [-0.1, -0.05) is 213 Å². The highest BCUT2D eigenvalue weighted by Gasteiger charge is 2.56. The zero-order valence-corrected chi connectivity index (χ0v) is 35.9. The van der Waals surface area contributed by atoms with E-state index >= 15 is 0 Å². The fraction of sp³-hybridized carbons (Fsp3) is 0.0476. The summed E-state index contributed by atoms with van der Waals surface area (Å²) in [5.41, 5.74) is 19.8. The molecule has 0 bridgehead atoms. The van der Waals surface area contributed by atoms with E-state index in [1.165, 1.54) is 72.3 Å². The van der Waals surface area contributed by atoms with Crippen LogP contribution in [0.5, 0.6) is 0 Å². The normalized spacial score (nSPS) is 15.7. The maximum Gasteiger partial charge on any atom is 0.0704 e. The van der Waals surface area contributed by atoms with E-state index in [0.717, 1.165) is 22.6 Å². The fourth-order valence-corrected chi connectivity index (χ4v) is 11.0. The Morgan fingerprint density at radius 1 is 0.375 bits per heavy atom. The van der Waals surface area contributed by atoms with Gasteiger partial charge in [0.05, 0.1) is 10.8 Å². The molecular formula is C63H47N. The molecule has 9 aromatic rings. The van der Waals surface area contributed by atoms with E-state index in [0.29, 0.717) is 0 Å². The molecule has 64 heavy (non-hydrogen) atoms. The van der Waals surface area contributed by atoms with Gasteiger partial charge in [-0.05, 0) is 133 Å². The van der Waals surface area contributed by atoms with E-state index < -0.39 is 10.8 Å². The lowest BCUT2D eigenvalue weighted by Crippen LogP contribution is -2.44. The van der Waals surface area contributed by atoms with Crippen molar-refractivity contribution >= 4 is 17.1 Å². The number of anilines is 3. The van der Waals surface area contributed by atoms with Crippen molar-refractivity contribution in [1.29, 1.82) is 0 Å². The summed E-state index contributed by atoms with van der Waals surface area (Å²) >= 11 is 0. The number of benzene rings is 9. The molecule has 1 unspecified atom stereocenters. The number of nitrogens with zero attached hydrogens (tertiary/aromatic N) is 1. The van der Waals surface area contributed by atoms with E-state index in [9.17, 15) is 0 Å². The van der Waals surface area contributed by atoms with Gasteiger partial charge in [0.1, 0.15) is 0 Å². The van der Waals surface area contributed by atoms with Gasteiger partial charge in [-0.2, -0.15) is 0 Å². The lowest BCUT2D eigenvalue weighted by atomic mass is 9.51. The maximum absolute atomic E-state index is 4.17. The van der Waals surface area contributed by atoms with Crippen LogP contribution < -0.4 is 4.90 Å². The Kier molecular flexibility index (Phi) is 9.75. The second-order valence-electron chi connectivity index (χ2n) is 16.9. The lowest BCUT2D eigenvalue weighted by molar-refractivity contribution is 0.615. The first-order chi connectivity index (χ1) is 31.6. The van der Waals surface area contributed by atoms with Crippen molar-refractivity contribution in [3.8, 4) is 33.4 Å². The zero-order valence-electron chi connectivity index (χ0n) is 35.9. The van der Waals surface area contributed by atoms with E-state index in [1.54, 1.807) is 0 Å². The van der Waals surface area contributed by atoms with Crippen molar-refractivity contribution in [3.05, 3.63) is 306 Å². The van der Waals surface area contributed by atoms with Crippen molar-refractivity contribution in [2.24, 2.45) is 0 Å². The van der Waals surface area contributed by atoms with Crippen LogP contribution in [0.1, 0.15) is 40.3 Å². The van der Waals surface area contributed by atoms with Crippen LogP contribution in [0.4, 0.5) is 17.1 Å². The number of para-hydroxylation sites is 2. The van der Waals surface area contributed by atoms with Gasteiger partial charge >= 0.3 is 0 Å². The number of rotatable bonds is 9. The van der Waals surface area contributed by atoms with E-state index in [1.807, 2.05) is 6.08 Å². The Balaban J connectivity index is 1.11. The Morgan fingerprint density at radius 3 is 1.42 bits per heavy atom. The van der Waals surface area contributed by atoms with Crippen LogP contribution in [0.25, 0.3) is 33.4 Å². The van der Waals surface area contributed by atoms with Gasteiger partial charge in [-0.15, -0.1) is 0 Å². The first-order valence-corrected chi connectivity index (χ1v) is 22.2. The van der Waals surface area contributed by atoms with Gasteiger partial charge in [-0.25, -0.2) is 0 Å².